The predicted octanol–water partition coefficient (Wildman–Crippen LogP) is 3.03. The minimum Gasteiger partial charge on any atom is -0.454 e. The van der Waals surface area contributed by atoms with Crippen LogP contribution in [0.25, 0.3) is 10.9 Å². The Labute approximate surface area is 208 Å². The van der Waals surface area contributed by atoms with Gasteiger partial charge in [0.25, 0.3) is 5.91 Å². The molecule has 10 heteroatoms. The van der Waals surface area contributed by atoms with Crippen LogP contribution in [0.15, 0.2) is 48.5 Å². The lowest BCUT2D eigenvalue weighted by atomic mass is 10.0. The fourth-order valence-electron chi connectivity index (χ4n) is 4.43. The number of aromatic amines is 1. The van der Waals surface area contributed by atoms with Crippen LogP contribution >= 0.6 is 0 Å². The van der Waals surface area contributed by atoms with E-state index in [2.05, 4.69) is 15.6 Å². The Balaban J connectivity index is 1.16. The SMILES string of the molecule is CC(C)C(NC(=O)N1CCN(C(=O)c2cc3ccccc3[nH]2)CC1)C(=O)Nc1ccc2c(c1)OCO2. The molecule has 1 fully saturated rings. The van der Waals surface area contributed by atoms with Crippen molar-refractivity contribution in [1.82, 2.24) is 20.1 Å². The summed E-state index contributed by atoms with van der Waals surface area (Å²) in [6.07, 6.45) is 0. The van der Waals surface area contributed by atoms with E-state index in [1.165, 1.54) is 0 Å². The van der Waals surface area contributed by atoms with E-state index in [0.717, 1.165) is 10.9 Å². The molecule has 2 aliphatic heterocycles. The highest BCUT2D eigenvalue weighted by Crippen LogP contribution is 2.34. The number of amides is 4. The van der Waals surface area contributed by atoms with Gasteiger partial charge in [-0.25, -0.2) is 4.79 Å². The third-order valence-electron chi connectivity index (χ3n) is 6.48. The molecule has 2 aromatic carbocycles. The lowest BCUT2D eigenvalue weighted by Gasteiger charge is -2.35. The van der Waals surface area contributed by atoms with E-state index >= 15 is 0 Å². The van der Waals surface area contributed by atoms with Crippen molar-refractivity contribution >= 4 is 34.4 Å². The molecule has 0 bridgehead atoms. The quantitative estimate of drug-likeness (QED) is 0.507. The summed E-state index contributed by atoms with van der Waals surface area (Å²) in [6.45, 7) is 5.49. The van der Waals surface area contributed by atoms with Gasteiger partial charge in [-0.15, -0.1) is 0 Å². The number of hydrogen-bond acceptors (Lipinski definition) is 5. The van der Waals surface area contributed by atoms with Crippen molar-refractivity contribution in [3.63, 3.8) is 0 Å². The van der Waals surface area contributed by atoms with Crippen LogP contribution in [-0.2, 0) is 4.79 Å². The summed E-state index contributed by atoms with van der Waals surface area (Å²) in [4.78, 5) is 45.4. The maximum absolute atomic E-state index is 13.0. The first-order chi connectivity index (χ1) is 17.4. The number of rotatable bonds is 5. The molecule has 2 aliphatic rings. The molecule has 3 N–H and O–H groups in total. The van der Waals surface area contributed by atoms with Crippen molar-refractivity contribution in [2.75, 3.05) is 38.3 Å². The maximum Gasteiger partial charge on any atom is 0.318 e. The Morgan fingerprint density at radius 1 is 0.917 bits per heavy atom. The van der Waals surface area contributed by atoms with E-state index in [1.54, 1.807) is 28.0 Å². The molecule has 3 aromatic rings. The first-order valence-electron chi connectivity index (χ1n) is 12.0. The van der Waals surface area contributed by atoms with Gasteiger partial charge in [0.1, 0.15) is 11.7 Å². The van der Waals surface area contributed by atoms with Gasteiger partial charge in [-0.3, -0.25) is 9.59 Å². The molecule has 4 amide bonds. The van der Waals surface area contributed by atoms with Crippen molar-refractivity contribution in [3.05, 3.63) is 54.2 Å². The molecule has 3 heterocycles. The highest BCUT2D eigenvalue weighted by molar-refractivity contribution is 5.99. The van der Waals surface area contributed by atoms with Gasteiger partial charge in [0.15, 0.2) is 11.5 Å². The van der Waals surface area contributed by atoms with Gasteiger partial charge in [-0.05, 0) is 30.2 Å². The van der Waals surface area contributed by atoms with E-state index in [0.29, 0.717) is 49.1 Å². The second-order valence-electron chi connectivity index (χ2n) is 9.28. The van der Waals surface area contributed by atoms with E-state index in [9.17, 15) is 14.4 Å². The van der Waals surface area contributed by atoms with Crippen LogP contribution in [0, 0.1) is 5.92 Å². The standard InChI is InChI=1S/C26H29N5O5/c1-16(2)23(24(32)27-18-7-8-21-22(14-18)36-15-35-21)29-26(34)31-11-9-30(10-12-31)25(33)20-13-17-5-3-4-6-19(17)28-20/h3-8,13-14,16,23,28H,9-12,15H2,1-2H3,(H,27,32)(H,29,34). The van der Waals surface area contributed by atoms with Crippen LogP contribution in [0.3, 0.4) is 0 Å². The number of nitrogens with zero attached hydrogens (tertiary/aromatic N) is 2. The zero-order valence-electron chi connectivity index (χ0n) is 20.2. The van der Waals surface area contributed by atoms with Crippen LogP contribution in [0.1, 0.15) is 24.3 Å². The predicted molar refractivity (Wildman–Crippen MR) is 134 cm³/mol. The maximum atomic E-state index is 13.0. The summed E-state index contributed by atoms with van der Waals surface area (Å²) in [7, 11) is 0. The molecule has 1 unspecified atom stereocenters. The lowest BCUT2D eigenvalue weighted by Crippen LogP contribution is -2.57. The number of H-pyrrole nitrogens is 1. The number of anilines is 1. The fraction of sp³-hybridized carbons (Fsp3) is 0.346. The summed E-state index contributed by atoms with van der Waals surface area (Å²) in [5.41, 5.74) is 2.01. The molecule has 0 aliphatic carbocycles. The Kier molecular flexibility index (Phi) is 6.41. The summed E-state index contributed by atoms with van der Waals surface area (Å²) < 4.78 is 10.7. The monoisotopic (exact) mass is 491 g/mol. The molecule has 188 valence electrons. The Hall–Kier alpha value is -4.21. The molecule has 5 rings (SSSR count). The van der Waals surface area contributed by atoms with Gasteiger partial charge in [0.2, 0.25) is 12.7 Å². The minimum absolute atomic E-state index is 0.0885. The first-order valence-corrected chi connectivity index (χ1v) is 12.0. The number of carbonyl (C=O) groups is 3. The highest BCUT2D eigenvalue weighted by Gasteiger charge is 2.30. The lowest BCUT2D eigenvalue weighted by molar-refractivity contribution is -0.118. The number of urea groups is 1. The number of fused-ring (bicyclic) bond motifs is 2. The fourth-order valence-corrected chi connectivity index (χ4v) is 4.43. The number of para-hydroxylation sites is 1. The average molecular weight is 492 g/mol. The summed E-state index contributed by atoms with van der Waals surface area (Å²) in [5, 5.41) is 6.69. The van der Waals surface area contributed by atoms with E-state index in [1.807, 2.05) is 44.2 Å². The number of carbonyl (C=O) groups excluding carboxylic acids is 3. The molecular weight excluding hydrogens is 462 g/mol. The normalized spacial score (nSPS) is 15.8. The van der Waals surface area contributed by atoms with Gasteiger partial charge < -0.3 is 34.9 Å². The van der Waals surface area contributed by atoms with Gasteiger partial charge in [-0.1, -0.05) is 32.0 Å². The van der Waals surface area contributed by atoms with Gasteiger partial charge in [-0.2, -0.15) is 0 Å². The molecular formula is C26H29N5O5. The van der Waals surface area contributed by atoms with Crippen LogP contribution in [-0.4, -0.2) is 71.6 Å². The second kappa shape index (κ2) is 9.80. The van der Waals surface area contributed by atoms with Crippen LogP contribution in [0.5, 0.6) is 11.5 Å². The van der Waals surface area contributed by atoms with Crippen LogP contribution in [0.4, 0.5) is 10.5 Å². The summed E-state index contributed by atoms with van der Waals surface area (Å²) >= 11 is 0. The number of aromatic nitrogens is 1. The third kappa shape index (κ3) is 4.79. The van der Waals surface area contributed by atoms with Gasteiger partial charge >= 0.3 is 6.03 Å². The molecule has 1 aromatic heterocycles. The molecule has 0 spiro atoms. The zero-order chi connectivity index (χ0) is 25.2. The first kappa shape index (κ1) is 23.5. The van der Waals surface area contributed by atoms with Crippen LogP contribution < -0.4 is 20.1 Å². The van der Waals surface area contributed by atoms with E-state index < -0.39 is 6.04 Å². The van der Waals surface area contributed by atoms with E-state index in [4.69, 9.17) is 9.47 Å². The minimum atomic E-state index is -0.728. The van der Waals surface area contributed by atoms with Gasteiger partial charge in [0, 0.05) is 48.8 Å². The van der Waals surface area contributed by atoms with Crippen LogP contribution in [0.2, 0.25) is 0 Å². The largest absolute Gasteiger partial charge is 0.454 e. The smallest absolute Gasteiger partial charge is 0.318 e. The summed E-state index contributed by atoms with van der Waals surface area (Å²) in [5.74, 6) is 0.661. The molecule has 1 saturated heterocycles. The molecule has 36 heavy (non-hydrogen) atoms. The molecule has 0 radical (unpaired) electrons. The number of benzene rings is 2. The van der Waals surface area contributed by atoms with Crippen molar-refractivity contribution < 1.29 is 23.9 Å². The number of piperazine rings is 1. The molecule has 1 atom stereocenters. The Morgan fingerprint density at radius 2 is 1.64 bits per heavy atom. The topological polar surface area (TPSA) is 116 Å². The third-order valence-corrected chi connectivity index (χ3v) is 6.48. The summed E-state index contributed by atoms with van der Waals surface area (Å²) in [6, 6.07) is 13.7. The van der Waals surface area contributed by atoms with E-state index in [-0.39, 0.29) is 30.6 Å². The van der Waals surface area contributed by atoms with Gasteiger partial charge in [0.05, 0.1) is 0 Å². The average Bonchev–Trinajstić information content (AvgIpc) is 3.53. The Bertz CT molecular complexity index is 1260. The Morgan fingerprint density at radius 3 is 2.39 bits per heavy atom. The van der Waals surface area contributed by atoms with Crippen molar-refractivity contribution in [2.45, 2.75) is 19.9 Å². The van der Waals surface area contributed by atoms with Crippen molar-refractivity contribution in [2.24, 2.45) is 5.92 Å². The number of hydrogen-bond donors (Lipinski definition) is 3. The molecule has 0 saturated carbocycles. The highest BCUT2D eigenvalue weighted by atomic mass is 16.7. The zero-order valence-corrected chi connectivity index (χ0v) is 20.2. The number of nitrogens with one attached hydrogen (secondary N) is 3. The van der Waals surface area contributed by atoms with Crippen molar-refractivity contribution in [1.29, 1.82) is 0 Å². The van der Waals surface area contributed by atoms with Crippen molar-refractivity contribution in [3.8, 4) is 11.5 Å². The number of ether oxygens (including phenoxy) is 2. The molecule has 10 nitrogen and oxygen atoms in total. The second-order valence-corrected chi connectivity index (χ2v) is 9.28.